The van der Waals surface area contributed by atoms with E-state index in [2.05, 4.69) is 0 Å². The average molecular weight is 290 g/mol. The Kier molecular flexibility index (Phi) is 5.37. The molecule has 0 bridgehead atoms. The zero-order valence-corrected chi connectivity index (χ0v) is 13.1. The predicted octanol–water partition coefficient (Wildman–Crippen LogP) is 2.64. The van der Waals surface area contributed by atoms with Crippen molar-refractivity contribution in [2.75, 3.05) is 25.1 Å². The smallest absolute Gasteiger partial charge is 0.229 e. The first-order chi connectivity index (χ1) is 10.1. The highest BCUT2D eigenvalue weighted by Gasteiger charge is 2.40. The number of carbonyl (C=O) groups excluding carboxylic acids is 1. The summed E-state index contributed by atoms with van der Waals surface area (Å²) in [6, 6.07) is 8.08. The molecule has 1 aliphatic carbocycles. The molecule has 1 aliphatic rings. The maximum Gasteiger partial charge on any atom is 0.229 e. The molecule has 0 unspecified atom stereocenters. The number of nitrogens with zero attached hydrogens (tertiary/aromatic N) is 1. The molecule has 0 radical (unpaired) electrons. The topological polar surface area (TPSA) is 55.6 Å². The third-order valence-electron chi connectivity index (χ3n) is 4.40. The lowest BCUT2D eigenvalue weighted by Gasteiger charge is -2.41. The van der Waals surface area contributed by atoms with E-state index in [1.54, 1.807) is 7.11 Å². The molecule has 0 saturated heterocycles. The first-order valence-corrected chi connectivity index (χ1v) is 7.72. The van der Waals surface area contributed by atoms with Gasteiger partial charge in [-0.3, -0.25) is 4.79 Å². The minimum atomic E-state index is -0.233. The van der Waals surface area contributed by atoms with Crippen LogP contribution in [0.4, 0.5) is 5.69 Å². The van der Waals surface area contributed by atoms with Crippen molar-refractivity contribution in [3.8, 4) is 0 Å². The van der Waals surface area contributed by atoms with E-state index in [0.717, 1.165) is 31.4 Å². The SMILES string of the molecule is COC1(CC(=O)N(CCCN)c2ccc(C)cc2)CCC1. The lowest BCUT2D eigenvalue weighted by Crippen LogP contribution is -2.45. The predicted molar refractivity (Wildman–Crippen MR) is 85.4 cm³/mol. The van der Waals surface area contributed by atoms with Crippen LogP contribution in [-0.2, 0) is 9.53 Å². The van der Waals surface area contributed by atoms with Crippen LogP contribution in [-0.4, -0.2) is 31.7 Å². The normalized spacial score (nSPS) is 16.3. The number of carbonyl (C=O) groups is 1. The highest BCUT2D eigenvalue weighted by Crippen LogP contribution is 2.38. The molecular formula is C17H26N2O2. The zero-order valence-electron chi connectivity index (χ0n) is 13.1. The molecule has 1 aromatic carbocycles. The molecule has 21 heavy (non-hydrogen) atoms. The first kappa shape index (κ1) is 16.0. The Labute approximate surface area is 127 Å². The second-order valence-corrected chi connectivity index (χ2v) is 5.94. The highest BCUT2D eigenvalue weighted by atomic mass is 16.5. The number of hydrogen-bond donors (Lipinski definition) is 1. The standard InChI is InChI=1S/C17H26N2O2/c1-14-5-7-15(8-6-14)19(12-4-11-18)16(20)13-17(21-2)9-3-10-17/h5-8H,3-4,9-13,18H2,1-2H3. The fourth-order valence-electron chi connectivity index (χ4n) is 2.77. The van der Waals surface area contributed by atoms with Gasteiger partial charge in [-0.15, -0.1) is 0 Å². The van der Waals surface area contributed by atoms with Crippen molar-refractivity contribution in [3.63, 3.8) is 0 Å². The van der Waals surface area contributed by atoms with Crippen LogP contribution >= 0.6 is 0 Å². The summed E-state index contributed by atoms with van der Waals surface area (Å²) in [6.07, 6.45) is 4.37. The van der Waals surface area contributed by atoms with Crippen molar-refractivity contribution in [2.24, 2.45) is 5.73 Å². The average Bonchev–Trinajstić information content (AvgIpc) is 2.45. The van der Waals surface area contributed by atoms with Gasteiger partial charge in [0.2, 0.25) is 5.91 Å². The van der Waals surface area contributed by atoms with Crippen molar-refractivity contribution >= 4 is 11.6 Å². The van der Waals surface area contributed by atoms with Gasteiger partial charge in [-0.2, -0.15) is 0 Å². The Hall–Kier alpha value is -1.39. The van der Waals surface area contributed by atoms with Gasteiger partial charge in [0.15, 0.2) is 0 Å². The second-order valence-electron chi connectivity index (χ2n) is 5.94. The van der Waals surface area contributed by atoms with Gasteiger partial charge in [-0.1, -0.05) is 17.7 Å². The Morgan fingerprint density at radius 2 is 2.00 bits per heavy atom. The van der Waals surface area contributed by atoms with E-state index in [0.29, 0.717) is 19.5 Å². The summed E-state index contributed by atoms with van der Waals surface area (Å²) >= 11 is 0. The molecule has 4 nitrogen and oxygen atoms in total. The molecule has 2 N–H and O–H groups in total. The fraction of sp³-hybridized carbons (Fsp3) is 0.588. The van der Waals surface area contributed by atoms with E-state index < -0.39 is 0 Å². The Balaban J connectivity index is 2.11. The Bertz CT molecular complexity index is 461. The minimum Gasteiger partial charge on any atom is -0.378 e. The number of nitrogens with two attached hydrogens (primary N) is 1. The lowest BCUT2D eigenvalue weighted by atomic mass is 9.77. The molecule has 1 aromatic rings. The van der Waals surface area contributed by atoms with Crippen LogP contribution in [0.15, 0.2) is 24.3 Å². The molecule has 1 fully saturated rings. The maximum absolute atomic E-state index is 12.7. The summed E-state index contributed by atoms with van der Waals surface area (Å²) in [5, 5.41) is 0. The molecule has 0 aliphatic heterocycles. The number of anilines is 1. The molecule has 0 spiro atoms. The summed E-state index contributed by atoms with van der Waals surface area (Å²) in [7, 11) is 1.71. The molecule has 0 heterocycles. The summed E-state index contributed by atoms with van der Waals surface area (Å²) in [4.78, 5) is 14.6. The lowest BCUT2D eigenvalue weighted by molar-refractivity contribution is -0.131. The molecule has 0 atom stereocenters. The van der Waals surface area contributed by atoms with Gasteiger partial charge in [-0.25, -0.2) is 0 Å². The van der Waals surface area contributed by atoms with Gasteiger partial charge in [0.25, 0.3) is 0 Å². The van der Waals surface area contributed by atoms with Crippen molar-refractivity contribution in [1.29, 1.82) is 0 Å². The van der Waals surface area contributed by atoms with Crippen molar-refractivity contribution < 1.29 is 9.53 Å². The van der Waals surface area contributed by atoms with E-state index in [1.165, 1.54) is 5.56 Å². The molecule has 116 valence electrons. The summed E-state index contributed by atoms with van der Waals surface area (Å²) < 4.78 is 5.58. The van der Waals surface area contributed by atoms with E-state index in [9.17, 15) is 4.79 Å². The van der Waals surface area contributed by atoms with Gasteiger partial charge in [0, 0.05) is 19.3 Å². The molecule has 0 aromatic heterocycles. The number of rotatable bonds is 7. The minimum absolute atomic E-state index is 0.133. The van der Waals surface area contributed by atoms with E-state index in [4.69, 9.17) is 10.5 Å². The largest absolute Gasteiger partial charge is 0.378 e. The third kappa shape index (κ3) is 3.83. The van der Waals surface area contributed by atoms with Crippen LogP contribution in [0.5, 0.6) is 0 Å². The highest BCUT2D eigenvalue weighted by molar-refractivity contribution is 5.94. The summed E-state index contributed by atoms with van der Waals surface area (Å²) in [5.74, 6) is 0.133. The maximum atomic E-state index is 12.7. The van der Waals surface area contributed by atoms with Crippen LogP contribution < -0.4 is 10.6 Å². The second kappa shape index (κ2) is 7.05. The molecule has 2 rings (SSSR count). The fourth-order valence-corrected chi connectivity index (χ4v) is 2.77. The van der Waals surface area contributed by atoms with Crippen molar-refractivity contribution in [1.82, 2.24) is 0 Å². The van der Waals surface area contributed by atoms with Crippen molar-refractivity contribution in [3.05, 3.63) is 29.8 Å². The molecule has 4 heteroatoms. The molecule has 1 saturated carbocycles. The van der Waals surface area contributed by atoms with E-state index in [-0.39, 0.29) is 11.5 Å². The third-order valence-corrected chi connectivity index (χ3v) is 4.40. The van der Waals surface area contributed by atoms with Crippen LogP contribution in [0.25, 0.3) is 0 Å². The number of ether oxygens (including phenoxy) is 1. The number of hydrogen-bond acceptors (Lipinski definition) is 3. The number of benzene rings is 1. The van der Waals surface area contributed by atoms with Crippen molar-refractivity contribution in [2.45, 2.75) is 44.6 Å². The zero-order chi connectivity index (χ0) is 15.3. The molecular weight excluding hydrogens is 264 g/mol. The van der Waals surface area contributed by atoms with Crippen LogP contribution in [0.3, 0.4) is 0 Å². The number of aryl methyl sites for hydroxylation is 1. The van der Waals surface area contributed by atoms with Crippen LogP contribution in [0.1, 0.15) is 37.7 Å². The molecule has 1 amide bonds. The first-order valence-electron chi connectivity index (χ1n) is 7.72. The van der Waals surface area contributed by atoms with Crippen LogP contribution in [0, 0.1) is 6.92 Å². The quantitative estimate of drug-likeness (QED) is 0.840. The summed E-state index contributed by atoms with van der Waals surface area (Å²) in [6.45, 7) is 3.30. The number of amides is 1. The monoisotopic (exact) mass is 290 g/mol. The van der Waals surface area contributed by atoms with Crippen LogP contribution in [0.2, 0.25) is 0 Å². The van der Waals surface area contributed by atoms with Gasteiger partial charge in [0.1, 0.15) is 0 Å². The van der Waals surface area contributed by atoms with Gasteiger partial charge in [-0.05, 0) is 51.3 Å². The summed E-state index contributed by atoms with van der Waals surface area (Å²) in [5.41, 5.74) is 7.51. The van der Waals surface area contributed by atoms with E-state index >= 15 is 0 Å². The van der Waals surface area contributed by atoms with Gasteiger partial charge in [0.05, 0.1) is 12.0 Å². The Morgan fingerprint density at radius 3 is 2.48 bits per heavy atom. The Morgan fingerprint density at radius 1 is 1.33 bits per heavy atom. The van der Waals surface area contributed by atoms with Gasteiger partial charge < -0.3 is 15.4 Å². The van der Waals surface area contributed by atoms with E-state index in [1.807, 2.05) is 36.1 Å². The van der Waals surface area contributed by atoms with Gasteiger partial charge >= 0.3 is 0 Å². The number of methoxy groups -OCH3 is 1.